The van der Waals surface area contributed by atoms with Gasteiger partial charge in [-0.3, -0.25) is 4.79 Å². The van der Waals surface area contributed by atoms with Crippen molar-refractivity contribution in [2.24, 2.45) is 0 Å². The number of alkyl halides is 3. The first kappa shape index (κ1) is 21.5. The summed E-state index contributed by atoms with van der Waals surface area (Å²) < 4.78 is 54.5. The molecule has 1 aliphatic rings. The number of benzene rings is 2. The Bertz CT molecular complexity index is 1170. The van der Waals surface area contributed by atoms with Crippen molar-refractivity contribution in [2.45, 2.75) is 31.1 Å². The summed E-state index contributed by atoms with van der Waals surface area (Å²) in [5, 5.41) is 18.3. The van der Waals surface area contributed by atoms with E-state index in [-0.39, 0.29) is 12.1 Å². The lowest BCUT2D eigenvalue weighted by molar-refractivity contribution is -0.141. The van der Waals surface area contributed by atoms with Crippen LogP contribution in [0, 0.1) is 5.82 Å². The van der Waals surface area contributed by atoms with Crippen LogP contribution in [0.15, 0.2) is 48.5 Å². The standard InChI is InChI=1S/C21H16F4N4O3/c22-15-7-1-12(2-8-15)11-29-16(17(27-28-29)21(23,24)25)18(30)26-20(9-10-20)14-5-3-13(4-6-14)19(31)32/h1-8H,9-11H2,(H,26,30)(H,31,32). The SMILES string of the molecule is O=C(O)c1ccc(C2(NC(=O)c3c(C(F)(F)F)nnn3Cc3ccc(F)cc3)CC2)cc1. The highest BCUT2D eigenvalue weighted by Gasteiger charge is 2.48. The molecule has 11 heteroatoms. The molecule has 0 bridgehead atoms. The van der Waals surface area contributed by atoms with Gasteiger partial charge in [-0.05, 0) is 48.2 Å². The monoisotopic (exact) mass is 448 g/mol. The number of nitrogens with zero attached hydrogens (tertiary/aromatic N) is 3. The van der Waals surface area contributed by atoms with Crippen LogP contribution in [0.5, 0.6) is 0 Å². The van der Waals surface area contributed by atoms with Gasteiger partial charge < -0.3 is 10.4 Å². The van der Waals surface area contributed by atoms with Gasteiger partial charge in [0.05, 0.1) is 17.6 Å². The summed E-state index contributed by atoms with van der Waals surface area (Å²) in [5.41, 5.74) is -2.00. The molecule has 1 aromatic heterocycles. The lowest BCUT2D eigenvalue weighted by atomic mass is 10.0. The number of carbonyl (C=O) groups excluding carboxylic acids is 1. The third-order valence-electron chi connectivity index (χ3n) is 5.25. The Hall–Kier alpha value is -3.76. The van der Waals surface area contributed by atoms with Crippen LogP contribution in [0.1, 0.15) is 50.5 Å². The summed E-state index contributed by atoms with van der Waals surface area (Å²) in [6, 6.07) is 10.8. The molecule has 4 rings (SSSR count). The van der Waals surface area contributed by atoms with Crippen LogP contribution >= 0.6 is 0 Å². The maximum Gasteiger partial charge on any atom is 0.437 e. The van der Waals surface area contributed by atoms with Gasteiger partial charge in [0.2, 0.25) is 0 Å². The zero-order valence-corrected chi connectivity index (χ0v) is 16.4. The predicted octanol–water partition coefficient (Wildman–Crippen LogP) is 3.60. The fourth-order valence-electron chi connectivity index (χ4n) is 3.42. The number of rotatable bonds is 6. The van der Waals surface area contributed by atoms with Gasteiger partial charge in [0.15, 0.2) is 11.4 Å². The normalized spacial score (nSPS) is 14.8. The Morgan fingerprint density at radius 2 is 1.69 bits per heavy atom. The van der Waals surface area contributed by atoms with Crippen LogP contribution in [-0.2, 0) is 18.3 Å². The predicted molar refractivity (Wildman–Crippen MR) is 102 cm³/mol. The summed E-state index contributed by atoms with van der Waals surface area (Å²) in [6.07, 6.45) is -3.95. The Kier molecular flexibility index (Phi) is 5.19. The van der Waals surface area contributed by atoms with E-state index in [0.717, 1.165) is 16.8 Å². The van der Waals surface area contributed by atoms with Gasteiger partial charge in [-0.1, -0.05) is 29.5 Å². The maximum absolute atomic E-state index is 13.5. The fourth-order valence-corrected chi connectivity index (χ4v) is 3.42. The highest BCUT2D eigenvalue weighted by Crippen LogP contribution is 2.46. The number of nitrogens with one attached hydrogen (secondary N) is 1. The van der Waals surface area contributed by atoms with Gasteiger partial charge in [-0.2, -0.15) is 13.2 Å². The average Bonchev–Trinajstić information content (AvgIpc) is 3.38. The summed E-state index contributed by atoms with van der Waals surface area (Å²) in [6.45, 7) is -0.216. The van der Waals surface area contributed by atoms with Crippen molar-refractivity contribution in [3.05, 3.63) is 82.4 Å². The molecule has 1 aliphatic carbocycles. The van der Waals surface area contributed by atoms with Crippen LogP contribution in [0.3, 0.4) is 0 Å². The van der Waals surface area contributed by atoms with Crippen molar-refractivity contribution in [3.8, 4) is 0 Å². The molecule has 7 nitrogen and oxygen atoms in total. The summed E-state index contributed by atoms with van der Waals surface area (Å²) in [5.74, 6) is -2.63. The zero-order chi connectivity index (χ0) is 23.1. The molecule has 3 aromatic rings. The molecule has 166 valence electrons. The zero-order valence-electron chi connectivity index (χ0n) is 16.4. The van der Waals surface area contributed by atoms with E-state index in [0.29, 0.717) is 24.0 Å². The molecular formula is C21H16F4N4O3. The van der Waals surface area contributed by atoms with Crippen LogP contribution in [0.25, 0.3) is 0 Å². The lowest BCUT2D eigenvalue weighted by Gasteiger charge is -2.19. The molecule has 0 atom stereocenters. The molecule has 0 aliphatic heterocycles. The van der Waals surface area contributed by atoms with E-state index < -0.39 is 40.8 Å². The molecule has 1 fully saturated rings. The molecule has 0 saturated heterocycles. The molecule has 1 amide bonds. The average molecular weight is 448 g/mol. The van der Waals surface area contributed by atoms with Gasteiger partial charge in [0, 0.05) is 0 Å². The third-order valence-corrected chi connectivity index (χ3v) is 5.25. The van der Waals surface area contributed by atoms with E-state index in [1.54, 1.807) is 0 Å². The van der Waals surface area contributed by atoms with Crippen molar-refractivity contribution in [1.82, 2.24) is 20.3 Å². The Morgan fingerprint density at radius 3 is 2.22 bits per heavy atom. The van der Waals surface area contributed by atoms with Crippen LogP contribution in [0.2, 0.25) is 0 Å². The molecule has 0 spiro atoms. The number of aromatic carboxylic acids is 1. The molecular weight excluding hydrogens is 432 g/mol. The fraction of sp³-hybridized carbons (Fsp3) is 0.238. The quantitative estimate of drug-likeness (QED) is 0.562. The van der Waals surface area contributed by atoms with Gasteiger partial charge in [0.1, 0.15) is 5.82 Å². The van der Waals surface area contributed by atoms with Crippen molar-refractivity contribution in [3.63, 3.8) is 0 Å². The summed E-state index contributed by atoms with van der Waals surface area (Å²) >= 11 is 0. The van der Waals surface area contributed by atoms with E-state index in [4.69, 9.17) is 5.11 Å². The van der Waals surface area contributed by atoms with E-state index in [1.165, 1.54) is 36.4 Å². The van der Waals surface area contributed by atoms with Crippen molar-refractivity contribution in [2.75, 3.05) is 0 Å². The van der Waals surface area contributed by atoms with Gasteiger partial charge in [-0.15, -0.1) is 5.10 Å². The molecule has 0 unspecified atom stereocenters. The smallest absolute Gasteiger partial charge is 0.437 e. The largest absolute Gasteiger partial charge is 0.478 e. The Balaban J connectivity index is 1.64. The highest BCUT2D eigenvalue weighted by atomic mass is 19.4. The van der Waals surface area contributed by atoms with Gasteiger partial charge in [-0.25, -0.2) is 13.9 Å². The number of carboxylic acid groups (broad SMARTS) is 1. The van der Waals surface area contributed by atoms with E-state index >= 15 is 0 Å². The number of amides is 1. The van der Waals surface area contributed by atoms with E-state index in [9.17, 15) is 27.2 Å². The van der Waals surface area contributed by atoms with E-state index in [1.807, 2.05) is 0 Å². The van der Waals surface area contributed by atoms with Crippen LogP contribution in [-0.4, -0.2) is 32.0 Å². The van der Waals surface area contributed by atoms with Gasteiger partial charge in [0.25, 0.3) is 5.91 Å². The molecule has 2 aromatic carbocycles. The Morgan fingerprint density at radius 1 is 1.06 bits per heavy atom. The lowest BCUT2D eigenvalue weighted by Crippen LogP contribution is -2.37. The first-order chi connectivity index (χ1) is 15.1. The minimum Gasteiger partial charge on any atom is -0.478 e. The molecule has 0 radical (unpaired) electrons. The summed E-state index contributed by atoms with van der Waals surface area (Å²) in [7, 11) is 0. The van der Waals surface area contributed by atoms with Crippen LogP contribution < -0.4 is 5.32 Å². The first-order valence-corrected chi connectivity index (χ1v) is 9.50. The number of carbonyl (C=O) groups is 2. The Labute approximate surface area is 178 Å². The minimum absolute atomic E-state index is 0.0526. The second-order valence-electron chi connectivity index (χ2n) is 7.49. The molecule has 1 saturated carbocycles. The third kappa shape index (κ3) is 4.18. The molecule has 1 heterocycles. The first-order valence-electron chi connectivity index (χ1n) is 9.50. The van der Waals surface area contributed by atoms with Crippen molar-refractivity contribution >= 4 is 11.9 Å². The second kappa shape index (κ2) is 7.74. The number of carboxylic acids is 1. The van der Waals surface area contributed by atoms with Crippen LogP contribution in [0.4, 0.5) is 17.6 Å². The highest BCUT2D eigenvalue weighted by molar-refractivity contribution is 5.94. The minimum atomic E-state index is -4.91. The number of hydrogen-bond acceptors (Lipinski definition) is 4. The topological polar surface area (TPSA) is 97.1 Å². The molecule has 2 N–H and O–H groups in total. The number of hydrogen-bond donors (Lipinski definition) is 2. The second-order valence-corrected chi connectivity index (χ2v) is 7.49. The number of aromatic nitrogens is 3. The summed E-state index contributed by atoms with van der Waals surface area (Å²) in [4.78, 5) is 24.0. The van der Waals surface area contributed by atoms with Crippen molar-refractivity contribution < 1.29 is 32.3 Å². The number of halogens is 4. The van der Waals surface area contributed by atoms with E-state index in [2.05, 4.69) is 15.6 Å². The molecule has 32 heavy (non-hydrogen) atoms. The van der Waals surface area contributed by atoms with Crippen molar-refractivity contribution in [1.29, 1.82) is 0 Å². The maximum atomic E-state index is 13.5. The van der Waals surface area contributed by atoms with Gasteiger partial charge >= 0.3 is 12.1 Å².